The fourth-order valence-electron chi connectivity index (χ4n) is 3.19. The summed E-state index contributed by atoms with van der Waals surface area (Å²) in [7, 11) is 1.49. The lowest BCUT2D eigenvalue weighted by Gasteiger charge is -2.10. The van der Waals surface area contributed by atoms with E-state index < -0.39 is 46.5 Å². The van der Waals surface area contributed by atoms with Crippen LogP contribution in [0.4, 0.5) is 28.9 Å². The van der Waals surface area contributed by atoms with Crippen LogP contribution in [-0.4, -0.2) is 17.9 Å². The highest BCUT2D eigenvalue weighted by Crippen LogP contribution is 2.31. The number of carbonyl (C=O) groups is 1. The Balaban J connectivity index is 1.47. The zero-order valence-corrected chi connectivity index (χ0v) is 19.3. The van der Waals surface area contributed by atoms with E-state index in [1.165, 1.54) is 25.3 Å². The van der Waals surface area contributed by atoms with Crippen LogP contribution in [0.25, 0.3) is 0 Å². The molecule has 0 saturated heterocycles. The van der Waals surface area contributed by atoms with Gasteiger partial charge in [-0.05, 0) is 36.4 Å². The van der Waals surface area contributed by atoms with Crippen molar-refractivity contribution in [2.24, 2.45) is 0 Å². The molecule has 0 atom stereocenters. The summed E-state index contributed by atoms with van der Waals surface area (Å²) < 4.78 is 74.9. The SMILES string of the molecule is COc1ccc(Oc2cc(NC(=O)c3ccc(COc4c(F)c(F)cc(F)c4F)o3)cc([N+](=O)[O-])c2)cc1. The Labute approximate surface area is 211 Å². The van der Waals surface area contributed by atoms with Crippen molar-refractivity contribution in [2.45, 2.75) is 6.61 Å². The average molecular weight is 532 g/mol. The van der Waals surface area contributed by atoms with E-state index >= 15 is 0 Å². The second kappa shape index (κ2) is 10.9. The maximum atomic E-state index is 13.7. The third-order valence-electron chi connectivity index (χ3n) is 4.97. The molecule has 0 aliphatic heterocycles. The first-order chi connectivity index (χ1) is 18.1. The number of nitro groups is 1. The summed E-state index contributed by atoms with van der Waals surface area (Å²) >= 11 is 0. The van der Waals surface area contributed by atoms with Crippen LogP contribution < -0.4 is 19.5 Å². The van der Waals surface area contributed by atoms with E-state index in [0.717, 1.165) is 12.1 Å². The van der Waals surface area contributed by atoms with Gasteiger partial charge in [0, 0.05) is 18.2 Å². The molecule has 0 aliphatic rings. The van der Waals surface area contributed by atoms with Crippen LogP contribution in [0, 0.1) is 33.4 Å². The molecule has 4 rings (SSSR count). The number of nitrogens with one attached hydrogen (secondary N) is 1. The molecule has 0 unspecified atom stereocenters. The van der Waals surface area contributed by atoms with Crippen molar-refractivity contribution < 1.29 is 45.9 Å². The first-order valence-corrected chi connectivity index (χ1v) is 10.6. The number of benzene rings is 3. The molecule has 38 heavy (non-hydrogen) atoms. The Bertz CT molecular complexity index is 1480. The minimum atomic E-state index is -1.73. The molecule has 13 heteroatoms. The Morgan fingerprint density at radius 3 is 2.21 bits per heavy atom. The third kappa shape index (κ3) is 5.83. The molecule has 0 bridgehead atoms. The molecule has 196 valence electrons. The predicted octanol–water partition coefficient (Wildman–Crippen LogP) is 6.38. The topological polar surface area (TPSA) is 113 Å². The van der Waals surface area contributed by atoms with Gasteiger partial charge in [0.25, 0.3) is 11.6 Å². The molecule has 4 aromatic rings. The summed E-state index contributed by atoms with van der Waals surface area (Å²) in [5.74, 6) is -8.29. The molecule has 1 N–H and O–H groups in total. The monoisotopic (exact) mass is 532 g/mol. The summed E-state index contributed by atoms with van der Waals surface area (Å²) in [6, 6.07) is 12.5. The minimum absolute atomic E-state index is 0.00119. The number of carbonyl (C=O) groups excluding carboxylic acids is 1. The molecule has 0 fully saturated rings. The third-order valence-corrected chi connectivity index (χ3v) is 4.97. The van der Waals surface area contributed by atoms with Gasteiger partial charge in [0.05, 0.1) is 23.8 Å². The zero-order chi connectivity index (χ0) is 27.4. The summed E-state index contributed by atoms with van der Waals surface area (Å²) in [5.41, 5.74) is -0.368. The van der Waals surface area contributed by atoms with E-state index in [0.29, 0.717) is 11.5 Å². The van der Waals surface area contributed by atoms with Gasteiger partial charge in [-0.25, -0.2) is 8.78 Å². The fourth-order valence-corrected chi connectivity index (χ4v) is 3.19. The Kier molecular flexibility index (Phi) is 7.46. The van der Waals surface area contributed by atoms with Crippen LogP contribution in [0.3, 0.4) is 0 Å². The van der Waals surface area contributed by atoms with Crippen molar-refractivity contribution >= 4 is 17.3 Å². The molecular formula is C25H16F4N2O7. The van der Waals surface area contributed by atoms with Crippen LogP contribution in [0.15, 0.2) is 65.1 Å². The van der Waals surface area contributed by atoms with E-state index in [1.807, 2.05) is 0 Å². The maximum Gasteiger partial charge on any atom is 0.291 e. The fraction of sp³-hybridized carbons (Fsp3) is 0.0800. The predicted molar refractivity (Wildman–Crippen MR) is 123 cm³/mol. The summed E-state index contributed by atoms with van der Waals surface area (Å²) in [5, 5.41) is 13.8. The number of amides is 1. The molecule has 0 saturated carbocycles. The van der Waals surface area contributed by atoms with Gasteiger partial charge >= 0.3 is 0 Å². The highest BCUT2D eigenvalue weighted by molar-refractivity contribution is 6.02. The molecule has 1 heterocycles. The van der Waals surface area contributed by atoms with Crippen LogP contribution in [0.5, 0.6) is 23.0 Å². The molecule has 1 aromatic heterocycles. The number of non-ortho nitro benzene ring substituents is 1. The Hall–Kier alpha value is -5.07. The molecule has 1 amide bonds. The summed E-state index contributed by atoms with van der Waals surface area (Å²) in [6.45, 7) is -0.666. The zero-order valence-electron chi connectivity index (χ0n) is 19.3. The van der Waals surface area contributed by atoms with Crippen molar-refractivity contribution in [3.63, 3.8) is 0 Å². The van der Waals surface area contributed by atoms with Crippen molar-refractivity contribution in [1.82, 2.24) is 0 Å². The molecule has 9 nitrogen and oxygen atoms in total. The average Bonchev–Trinajstić information content (AvgIpc) is 3.37. The van der Waals surface area contributed by atoms with E-state index in [4.69, 9.17) is 18.6 Å². The van der Waals surface area contributed by atoms with Crippen molar-refractivity contribution in [3.8, 4) is 23.0 Å². The standard InChI is InChI=1S/C25H16F4N2O7/c1-35-15-2-4-16(5-3-15)37-18-9-13(8-14(10-18)31(33)34)30-25(32)21-7-6-17(38-21)12-36-24-22(28)19(26)11-20(27)23(24)29/h2-11H,12H2,1H3,(H,30,32). The number of methoxy groups -OCH3 is 1. The van der Waals surface area contributed by atoms with Gasteiger partial charge in [-0.15, -0.1) is 0 Å². The number of furan rings is 1. The Morgan fingerprint density at radius 2 is 1.58 bits per heavy atom. The maximum absolute atomic E-state index is 13.7. The van der Waals surface area contributed by atoms with E-state index in [9.17, 15) is 32.5 Å². The van der Waals surface area contributed by atoms with Crippen molar-refractivity contribution in [2.75, 3.05) is 12.4 Å². The molecule has 0 aliphatic carbocycles. The summed E-state index contributed by atoms with van der Waals surface area (Å²) in [6.07, 6.45) is 0. The number of rotatable bonds is 9. The highest BCUT2D eigenvalue weighted by atomic mass is 19.2. The lowest BCUT2D eigenvalue weighted by Crippen LogP contribution is -2.11. The van der Waals surface area contributed by atoms with Gasteiger partial charge < -0.3 is 23.9 Å². The van der Waals surface area contributed by atoms with Crippen molar-refractivity contribution in [3.05, 3.63) is 106 Å². The van der Waals surface area contributed by atoms with Gasteiger partial charge in [0.1, 0.15) is 29.6 Å². The van der Waals surface area contributed by atoms with Gasteiger partial charge in [0.2, 0.25) is 11.6 Å². The summed E-state index contributed by atoms with van der Waals surface area (Å²) in [4.78, 5) is 23.3. The van der Waals surface area contributed by atoms with E-state index in [1.54, 1.807) is 24.3 Å². The number of hydrogen-bond donors (Lipinski definition) is 1. The van der Waals surface area contributed by atoms with Crippen LogP contribution in [0.2, 0.25) is 0 Å². The smallest absolute Gasteiger partial charge is 0.291 e. The van der Waals surface area contributed by atoms with E-state index in [2.05, 4.69) is 5.32 Å². The number of halogens is 4. The normalized spacial score (nSPS) is 10.7. The first kappa shape index (κ1) is 26.0. The van der Waals surface area contributed by atoms with Gasteiger partial charge in [-0.2, -0.15) is 8.78 Å². The van der Waals surface area contributed by atoms with Gasteiger partial charge in [-0.3, -0.25) is 14.9 Å². The van der Waals surface area contributed by atoms with Crippen molar-refractivity contribution in [1.29, 1.82) is 0 Å². The molecule has 0 radical (unpaired) electrons. The largest absolute Gasteiger partial charge is 0.497 e. The number of anilines is 1. The van der Waals surface area contributed by atoms with E-state index in [-0.39, 0.29) is 34.7 Å². The lowest BCUT2D eigenvalue weighted by molar-refractivity contribution is -0.384. The Morgan fingerprint density at radius 1 is 0.921 bits per heavy atom. The first-order valence-electron chi connectivity index (χ1n) is 10.6. The minimum Gasteiger partial charge on any atom is -0.497 e. The molecular weight excluding hydrogens is 516 g/mol. The second-order valence-electron chi connectivity index (χ2n) is 7.56. The molecule has 0 spiro atoms. The van der Waals surface area contributed by atoms with Gasteiger partial charge in [-0.1, -0.05) is 0 Å². The second-order valence-corrected chi connectivity index (χ2v) is 7.56. The van der Waals surface area contributed by atoms with Crippen LogP contribution in [-0.2, 0) is 6.61 Å². The number of nitrogens with zero attached hydrogens (tertiary/aromatic N) is 1. The number of ether oxygens (including phenoxy) is 3. The van der Waals surface area contributed by atoms with Gasteiger partial charge in [0.15, 0.2) is 23.1 Å². The quantitative estimate of drug-likeness (QED) is 0.115. The highest BCUT2D eigenvalue weighted by Gasteiger charge is 2.22. The lowest BCUT2D eigenvalue weighted by atomic mass is 10.2. The number of nitro benzene ring substituents is 1. The molecule has 3 aromatic carbocycles. The van der Waals surface area contributed by atoms with Crippen LogP contribution >= 0.6 is 0 Å². The number of hydrogen-bond acceptors (Lipinski definition) is 7. The van der Waals surface area contributed by atoms with Crippen LogP contribution in [0.1, 0.15) is 16.3 Å².